The Morgan fingerprint density at radius 2 is 2.13 bits per heavy atom. The van der Waals surface area contributed by atoms with E-state index in [0.717, 1.165) is 6.42 Å². The van der Waals surface area contributed by atoms with Gasteiger partial charge in [0.15, 0.2) is 0 Å². The molecule has 0 radical (unpaired) electrons. The van der Waals surface area contributed by atoms with Crippen molar-refractivity contribution in [3.8, 4) is 0 Å². The predicted octanol–water partition coefficient (Wildman–Crippen LogP) is 0.352. The van der Waals surface area contributed by atoms with Gasteiger partial charge in [-0.3, -0.25) is 9.69 Å². The Bertz CT molecular complexity index is 286. The van der Waals surface area contributed by atoms with E-state index in [2.05, 4.69) is 5.32 Å². The number of imide groups is 1. The van der Waals surface area contributed by atoms with E-state index in [4.69, 9.17) is 4.74 Å². The average Bonchev–Trinajstić information content (AvgIpc) is 2.68. The summed E-state index contributed by atoms with van der Waals surface area (Å²) in [6.45, 7) is 4.80. The van der Waals surface area contributed by atoms with E-state index < -0.39 is 0 Å². The Kier molecular flexibility index (Phi) is 2.65. The second-order valence-electron chi connectivity index (χ2n) is 4.25. The molecule has 2 aliphatic heterocycles. The number of hydrogen-bond acceptors (Lipinski definition) is 3. The molecule has 2 saturated heterocycles. The molecule has 0 bridgehead atoms. The highest BCUT2D eigenvalue weighted by Gasteiger charge is 2.41. The van der Waals surface area contributed by atoms with Gasteiger partial charge in [-0.2, -0.15) is 0 Å². The Balaban J connectivity index is 2.15. The van der Waals surface area contributed by atoms with Crippen LogP contribution in [0.4, 0.5) is 4.79 Å². The summed E-state index contributed by atoms with van der Waals surface area (Å²) in [6, 6.07) is -0.433. The number of urea groups is 1. The van der Waals surface area contributed by atoms with Gasteiger partial charge in [0.05, 0.1) is 18.6 Å². The van der Waals surface area contributed by atoms with Gasteiger partial charge in [0.2, 0.25) is 5.91 Å². The minimum absolute atomic E-state index is 0.0764. The Morgan fingerprint density at radius 3 is 2.73 bits per heavy atom. The molecule has 0 aromatic rings. The van der Waals surface area contributed by atoms with Crippen molar-refractivity contribution in [2.45, 2.75) is 32.4 Å². The molecule has 0 aromatic carbocycles. The second-order valence-corrected chi connectivity index (χ2v) is 4.25. The highest BCUT2D eigenvalue weighted by molar-refractivity contribution is 5.98. The van der Waals surface area contributed by atoms with Gasteiger partial charge in [0.25, 0.3) is 0 Å². The van der Waals surface area contributed by atoms with Crippen LogP contribution in [0.25, 0.3) is 0 Å². The molecule has 3 amide bonds. The van der Waals surface area contributed by atoms with E-state index in [-0.39, 0.29) is 29.9 Å². The number of nitrogens with zero attached hydrogens (tertiary/aromatic N) is 1. The molecule has 2 heterocycles. The molecule has 5 nitrogen and oxygen atoms in total. The molecule has 15 heavy (non-hydrogen) atoms. The SMILES string of the molecule is CC1NC(=O)N(C2CCOC2)C(=O)C1C. The lowest BCUT2D eigenvalue weighted by Crippen LogP contribution is -2.61. The van der Waals surface area contributed by atoms with Gasteiger partial charge >= 0.3 is 6.03 Å². The van der Waals surface area contributed by atoms with E-state index in [1.807, 2.05) is 13.8 Å². The largest absolute Gasteiger partial charge is 0.379 e. The quantitative estimate of drug-likeness (QED) is 0.682. The van der Waals surface area contributed by atoms with Crippen molar-refractivity contribution in [1.29, 1.82) is 0 Å². The van der Waals surface area contributed by atoms with Crippen LogP contribution in [0.5, 0.6) is 0 Å². The molecule has 3 atom stereocenters. The Morgan fingerprint density at radius 1 is 1.40 bits per heavy atom. The van der Waals surface area contributed by atoms with Gasteiger partial charge in [-0.05, 0) is 13.3 Å². The molecule has 0 aliphatic carbocycles. The highest BCUT2D eigenvalue weighted by Crippen LogP contribution is 2.21. The fraction of sp³-hybridized carbons (Fsp3) is 0.800. The number of hydrogen-bond donors (Lipinski definition) is 1. The lowest BCUT2D eigenvalue weighted by Gasteiger charge is -2.36. The van der Waals surface area contributed by atoms with Crippen LogP contribution >= 0.6 is 0 Å². The topological polar surface area (TPSA) is 58.6 Å². The molecular weight excluding hydrogens is 196 g/mol. The summed E-state index contributed by atoms with van der Waals surface area (Å²) in [6.07, 6.45) is 0.750. The van der Waals surface area contributed by atoms with Crippen molar-refractivity contribution < 1.29 is 14.3 Å². The lowest BCUT2D eigenvalue weighted by molar-refractivity contribution is -0.136. The van der Waals surface area contributed by atoms with E-state index in [1.165, 1.54) is 4.90 Å². The van der Waals surface area contributed by atoms with Crippen LogP contribution in [0.2, 0.25) is 0 Å². The summed E-state index contributed by atoms with van der Waals surface area (Å²) in [7, 11) is 0. The minimum atomic E-state index is -0.277. The van der Waals surface area contributed by atoms with E-state index >= 15 is 0 Å². The average molecular weight is 212 g/mol. The number of nitrogens with one attached hydrogen (secondary N) is 1. The summed E-state index contributed by atoms with van der Waals surface area (Å²) in [5.41, 5.74) is 0. The molecule has 5 heteroatoms. The van der Waals surface area contributed by atoms with Crippen molar-refractivity contribution in [1.82, 2.24) is 10.2 Å². The molecule has 2 fully saturated rings. The van der Waals surface area contributed by atoms with Gasteiger partial charge in [-0.25, -0.2) is 4.79 Å². The van der Waals surface area contributed by atoms with Crippen molar-refractivity contribution in [3.63, 3.8) is 0 Å². The molecule has 84 valence electrons. The standard InChI is InChI=1S/C10H16N2O3/c1-6-7(2)11-10(14)12(9(6)13)8-3-4-15-5-8/h6-8H,3-5H2,1-2H3,(H,11,14). The molecule has 0 aromatic heterocycles. The maximum Gasteiger partial charge on any atom is 0.324 e. The molecular formula is C10H16N2O3. The fourth-order valence-electron chi connectivity index (χ4n) is 1.99. The first kappa shape index (κ1) is 10.4. The Hall–Kier alpha value is -1.10. The fourth-order valence-corrected chi connectivity index (χ4v) is 1.99. The summed E-state index contributed by atoms with van der Waals surface area (Å²) < 4.78 is 5.20. The normalized spacial score (nSPS) is 36.9. The molecule has 0 spiro atoms. The molecule has 2 aliphatic rings. The molecule has 1 N–H and O–H groups in total. The van der Waals surface area contributed by atoms with Crippen LogP contribution in [0.3, 0.4) is 0 Å². The first-order chi connectivity index (χ1) is 7.11. The molecule has 0 saturated carbocycles. The van der Waals surface area contributed by atoms with Gasteiger partial charge in [-0.1, -0.05) is 6.92 Å². The lowest BCUT2D eigenvalue weighted by atomic mass is 9.98. The van der Waals surface area contributed by atoms with E-state index in [0.29, 0.717) is 13.2 Å². The highest BCUT2D eigenvalue weighted by atomic mass is 16.5. The maximum atomic E-state index is 11.9. The summed E-state index contributed by atoms with van der Waals surface area (Å²) >= 11 is 0. The molecule has 2 rings (SSSR count). The van der Waals surface area contributed by atoms with Gasteiger partial charge in [0.1, 0.15) is 0 Å². The summed E-state index contributed by atoms with van der Waals surface area (Å²) in [5, 5.41) is 2.80. The number of rotatable bonds is 1. The number of ether oxygens (including phenoxy) is 1. The smallest absolute Gasteiger partial charge is 0.324 e. The summed E-state index contributed by atoms with van der Waals surface area (Å²) in [5.74, 6) is -0.231. The Labute approximate surface area is 88.8 Å². The van der Waals surface area contributed by atoms with Crippen LogP contribution in [0.1, 0.15) is 20.3 Å². The van der Waals surface area contributed by atoms with Crippen molar-refractivity contribution >= 4 is 11.9 Å². The monoisotopic (exact) mass is 212 g/mol. The zero-order valence-corrected chi connectivity index (χ0v) is 9.03. The van der Waals surface area contributed by atoms with Crippen LogP contribution in [0, 0.1) is 5.92 Å². The van der Waals surface area contributed by atoms with Gasteiger partial charge in [-0.15, -0.1) is 0 Å². The third-order valence-electron chi connectivity index (χ3n) is 3.22. The zero-order valence-electron chi connectivity index (χ0n) is 9.03. The predicted molar refractivity (Wildman–Crippen MR) is 53.2 cm³/mol. The summed E-state index contributed by atoms with van der Waals surface area (Å²) in [4.78, 5) is 25.0. The van der Waals surface area contributed by atoms with Crippen molar-refractivity contribution in [2.24, 2.45) is 5.92 Å². The zero-order chi connectivity index (χ0) is 11.0. The number of carbonyl (C=O) groups is 2. The van der Waals surface area contributed by atoms with Crippen molar-refractivity contribution in [3.05, 3.63) is 0 Å². The van der Waals surface area contributed by atoms with Crippen LogP contribution in [-0.2, 0) is 9.53 Å². The van der Waals surface area contributed by atoms with E-state index in [9.17, 15) is 9.59 Å². The van der Waals surface area contributed by atoms with Crippen molar-refractivity contribution in [2.75, 3.05) is 13.2 Å². The minimum Gasteiger partial charge on any atom is -0.379 e. The van der Waals surface area contributed by atoms with E-state index in [1.54, 1.807) is 0 Å². The number of carbonyl (C=O) groups excluding carboxylic acids is 2. The second kappa shape index (κ2) is 3.81. The third kappa shape index (κ3) is 1.71. The van der Waals surface area contributed by atoms with Crippen LogP contribution in [0.15, 0.2) is 0 Å². The molecule has 3 unspecified atom stereocenters. The van der Waals surface area contributed by atoms with Gasteiger partial charge < -0.3 is 10.1 Å². The van der Waals surface area contributed by atoms with Crippen LogP contribution in [-0.4, -0.2) is 42.1 Å². The third-order valence-corrected chi connectivity index (χ3v) is 3.22. The van der Waals surface area contributed by atoms with Crippen LogP contribution < -0.4 is 5.32 Å². The van der Waals surface area contributed by atoms with Gasteiger partial charge in [0, 0.05) is 12.6 Å². The first-order valence-electron chi connectivity index (χ1n) is 5.32. The first-order valence-corrected chi connectivity index (χ1v) is 5.32. The maximum absolute atomic E-state index is 11.9. The number of amides is 3.